The standard InChI is InChI=1S/C17H14BrFN2/c18-15-7-3-6-14(16(15)19)17(21-20)13-9-8-11-4-1-2-5-12(11)10-13/h1-10,17,21H,20H2. The van der Waals surface area contributed by atoms with Crippen LogP contribution in [0.25, 0.3) is 10.8 Å². The van der Waals surface area contributed by atoms with E-state index >= 15 is 0 Å². The van der Waals surface area contributed by atoms with Gasteiger partial charge in [0.1, 0.15) is 5.82 Å². The smallest absolute Gasteiger partial charge is 0.142 e. The third-order valence-electron chi connectivity index (χ3n) is 3.57. The van der Waals surface area contributed by atoms with Crippen LogP contribution in [0.15, 0.2) is 65.1 Å². The Morgan fingerprint density at radius 1 is 0.952 bits per heavy atom. The molecule has 0 spiro atoms. The van der Waals surface area contributed by atoms with Crippen LogP contribution in [0.2, 0.25) is 0 Å². The highest BCUT2D eigenvalue weighted by Crippen LogP contribution is 2.29. The topological polar surface area (TPSA) is 38.0 Å². The Morgan fingerprint density at radius 3 is 2.48 bits per heavy atom. The zero-order valence-electron chi connectivity index (χ0n) is 11.2. The molecule has 3 rings (SSSR count). The van der Waals surface area contributed by atoms with Crippen LogP contribution in [0.5, 0.6) is 0 Å². The van der Waals surface area contributed by atoms with Gasteiger partial charge in [0.05, 0.1) is 10.5 Å². The first-order valence-electron chi connectivity index (χ1n) is 6.59. The Kier molecular flexibility index (Phi) is 4.01. The molecule has 0 aliphatic carbocycles. The summed E-state index contributed by atoms with van der Waals surface area (Å²) in [5.41, 5.74) is 4.15. The van der Waals surface area contributed by atoms with Crippen molar-refractivity contribution in [1.29, 1.82) is 0 Å². The summed E-state index contributed by atoms with van der Waals surface area (Å²) in [4.78, 5) is 0. The van der Waals surface area contributed by atoms with E-state index in [9.17, 15) is 4.39 Å². The van der Waals surface area contributed by atoms with Crippen molar-refractivity contribution in [3.63, 3.8) is 0 Å². The van der Waals surface area contributed by atoms with Crippen molar-refractivity contribution in [2.45, 2.75) is 6.04 Å². The lowest BCUT2D eigenvalue weighted by atomic mass is 9.96. The van der Waals surface area contributed by atoms with Crippen LogP contribution in [0.1, 0.15) is 17.2 Å². The van der Waals surface area contributed by atoms with E-state index in [1.165, 1.54) is 0 Å². The molecular weight excluding hydrogens is 331 g/mol. The van der Waals surface area contributed by atoms with Crippen LogP contribution >= 0.6 is 15.9 Å². The average Bonchev–Trinajstić information content (AvgIpc) is 2.52. The molecule has 0 radical (unpaired) electrons. The molecule has 0 heterocycles. The Hall–Kier alpha value is -1.75. The van der Waals surface area contributed by atoms with Gasteiger partial charge in [-0.1, -0.05) is 48.5 Å². The van der Waals surface area contributed by atoms with Crippen molar-refractivity contribution in [2.24, 2.45) is 5.84 Å². The number of halogens is 2. The molecule has 3 aromatic rings. The molecule has 1 atom stereocenters. The first-order chi connectivity index (χ1) is 10.2. The predicted octanol–water partition coefficient (Wildman–Crippen LogP) is 4.29. The second-order valence-electron chi connectivity index (χ2n) is 4.85. The average molecular weight is 345 g/mol. The maximum absolute atomic E-state index is 14.3. The van der Waals surface area contributed by atoms with Gasteiger partial charge in [-0.15, -0.1) is 0 Å². The summed E-state index contributed by atoms with van der Waals surface area (Å²) in [7, 11) is 0. The lowest BCUT2D eigenvalue weighted by molar-refractivity contribution is 0.556. The lowest BCUT2D eigenvalue weighted by Crippen LogP contribution is -2.29. The van der Waals surface area contributed by atoms with Crippen molar-refractivity contribution in [2.75, 3.05) is 0 Å². The van der Waals surface area contributed by atoms with Crippen molar-refractivity contribution in [3.05, 3.63) is 82.1 Å². The summed E-state index contributed by atoms with van der Waals surface area (Å²) < 4.78 is 14.7. The first-order valence-corrected chi connectivity index (χ1v) is 7.39. The molecular formula is C17H14BrFN2. The van der Waals surface area contributed by atoms with Crippen molar-refractivity contribution >= 4 is 26.7 Å². The second-order valence-corrected chi connectivity index (χ2v) is 5.70. The number of benzene rings is 3. The van der Waals surface area contributed by atoms with Crippen molar-refractivity contribution < 1.29 is 4.39 Å². The highest BCUT2D eigenvalue weighted by molar-refractivity contribution is 9.10. The van der Waals surface area contributed by atoms with E-state index in [2.05, 4.69) is 21.4 Å². The molecule has 2 nitrogen and oxygen atoms in total. The SMILES string of the molecule is NNC(c1ccc2ccccc2c1)c1cccc(Br)c1F. The summed E-state index contributed by atoms with van der Waals surface area (Å²) in [6, 6.07) is 18.9. The van der Waals surface area contributed by atoms with Gasteiger partial charge in [0.15, 0.2) is 0 Å². The quantitative estimate of drug-likeness (QED) is 0.549. The number of hydrogen-bond acceptors (Lipinski definition) is 2. The normalized spacial score (nSPS) is 12.5. The maximum atomic E-state index is 14.3. The summed E-state index contributed by atoms with van der Waals surface area (Å²) in [6.07, 6.45) is 0. The summed E-state index contributed by atoms with van der Waals surface area (Å²) >= 11 is 3.21. The van der Waals surface area contributed by atoms with E-state index in [4.69, 9.17) is 5.84 Å². The van der Waals surface area contributed by atoms with Crippen molar-refractivity contribution in [1.82, 2.24) is 5.43 Å². The summed E-state index contributed by atoms with van der Waals surface area (Å²) in [6.45, 7) is 0. The van der Waals surface area contributed by atoms with E-state index in [1.54, 1.807) is 18.2 Å². The van der Waals surface area contributed by atoms with Gasteiger partial charge in [0, 0.05) is 5.56 Å². The van der Waals surface area contributed by atoms with E-state index in [1.807, 2.05) is 42.5 Å². The minimum Gasteiger partial charge on any atom is -0.271 e. The van der Waals surface area contributed by atoms with Crippen molar-refractivity contribution in [3.8, 4) is 0 Å². The van der Waals surface area contributed by atoms with Gasteiger partial charge in [-0.05, 0) is 44.4 Å². The molecule has 0 aliphatic rings. The van der Waals surface area contributed by atoms with Crippen LogP contribution in [-0.2, 0) is 0 Å². The molecule has 1 unspecified atom stereocenters. The summed E-state index contributed by atoms with van der Waals surface area (Å²) in [5, 5.41) is 2.25. The molecule has 0 aliphatic heterocycles. The molecule has 3 N–H and O–H groups in total. The Bertz CT molecular complexity index is 789. The fourth-order valence-corrected chi connectivity index (χ4v) is 2.88. The molecule has 21 heavy (non-hydrogen) atoms. The minimum absolute atomic E-state index is 0.298. The van der Waals surface area contributed by atoms with Crippen LogP contribution in [0, 0.1) is 5.82 Å². The van der Waals surface area contributed by atoms with Crippen LogP contribution < -0.4 is 11.3 Å². The highest BCUT2D eigenvalue weighted by Gasteiger charge is 2.18. The fourth-order valence-electron chi connectivity index (χ4n) is 2.50. The molecule has 0 bridgehead atoms. The third-order valence-corrected chi connectivity index (χ3v) is 4.18. The van der Waals surface area contributed by atoms with Gasteiger partial charge in [-0.3, -0.25) is 5.84 Å². The number of rotatable bonds is 3. The number of hydrazine groups is 1. The lowest BCUT2D eigenvalue weighted by Gasteiger charge is -2.18. The Balaban J connectivity index is 2.11. The zero-order valence-corrected chi connectivity index (χ0v) is 12.8. The highest BCUT2D eigenvalue weighted by atomic mass is 79.9. The van der Waals surface area contributed by atoms with E-state index in [-0.39, 0.29) is 5.82 Å². The Labute approximate surface area is 130 Å². The zero-order chi connectivity index (χ0) is 14.8. The molecule has 0 saturated heterocycles. The molecule has 4 heteroatoms. The molecule has 0 aromatic heterocycles. The van der Waals surface area contributed by atoms with E-state index in [0.717, 1.165) is 16.3 Å². The van der Waals surface area contributed by atoms with Crippen LogP contribution in [-0.4, -0.2) is 0 Å². The molecule has 3 aromatic carbocycles. The molecule has 0 saturated carbocycles. The fraction of sp³-hybridized carbons (Fsp3) is 0.0588. The van der Waals surface area contributed by atoms with Gasteiger partial charge in [-0.25, -0.2) is 9.82 Å². The molecule has 0 fully saturated rings. The predicted molar refractivity (Wildman–Crippen MR) is 87.2 cm³/mol. The second kappa shape index (κ2) is 5.93. The monoisotopic (exact) mass is 344 g/mol. The first kappa shape index (κ1) is 14.2. The third kappa shape index (κ3) is 2.70. The minimum atomic E-state index is -0.396. The Morgan fingerprint density at radius 2 is 1.71 bits per heavy atom. The summed E-state index contributed by atoms with van der Waals surface area (Å²) in [5.74, 6) is 5.37. The largest absolute Gasteiger partial charge is 0.271 e. The van der Waals surface area contributed by atoms with Gasteiger partial charge in [-0.2, -0.15) is 0 Å². The van der Waals surface area contributed by atoms with Gasteiger partial charge >= 0.3 is 0 Å². The number of nitrogens with one attached hydrogen (secondary N) is 1. The maximum Gasteiger partial charge on any atom is 0.142 e. The molecule has 106 valence electrons. The van der Waals surface area contributed by atoms with Crippen LogP contribution in [0.3, 0.4) is 0 Å². The number of nitrogens with two attached hydrogens (primary N) is 1. The van der Waals surface area contributed by atoms with Gasteiger partial charge < -0.3 is 0 Å². The molecule has 0 amide bonds. The van der Waals surface area contributed by atoms with Gasteiger partial charge in [0.2, 0.25) is 0 Å². The number of fused-ring (bicyclic) bond motifs is 1. The van der Waals surface area contributed by atoms with E-state index in [0.29, 0.717) is 10.0 Å². The van der Waals surface area contributed by atoms with Gasteiger partial charge in [0.25, 0.3) is 0 Å². The van der Waals surface area contributed by atoms with E-state index < -0.39 is 6.04 Å². The number of hydrogen-bond donors (Lipinski definition) is 2. The van der Waals surface area contributed by atoms with Crippen LogP contribution in [0.4, 0.5) is 4.39 Å².